The molecule has 0 rings (SSSR count). The molecule has 6 heteroatoms. The lowest BCUT2D eigenvalue weighted by Gasteiger charge is -2.26. The van der Waals surface area contributed by atoms with E-state index in [0.29, 0.717) is 26.4 Å². The Bertz CT molecular complexity index is 93.6. The summed E-state index contributed by atoms with van der Waals surface area (Å²) in [5, 5.41) is 7.00. The molecule has 0 aliphatic heterocycles. The summed E-state index contributed by atoms with van der Waals surface area (Å²) in [6.45, 7) is 9.80. The van der Waals surface area contributed by atoms with Crippen molar-refractivity contribution in [2.45, 2.75) is 27.7 Å². The number of rotatable bonds is 8. The lowest BCUT2D eigenvalue weighted by Crippen LogP contribution is -2.49. The molecule has 0 atom stereocenters. The molecule has 5 nitrogen and oxygen atoms in total. The molecule has 0 saturated heterocycles. The van der Waals surface area contributed by atoms with Crippen molar-refractivity contribution < 1.29 is 22.8 Å². The molecule has 0 bridgehead atoms. The Hall–Kier alpha value is 0.0169. The molecule has 0 fully saturated rings. The fraction of sp³-hybridized carbons (Fsp3) is 1.00. The van der Waals surface area contributed by atoms with E-state index in [1.165, 1.54) is 0 Å². The normalized spacial score (nSPS) is 10.8. The quantitative estimate of drug-likeness (QED) is 0.646. The van der Waals surface area contributed by atoms with Gasteiger partial charge in [-0.2, -0.15) is 0 Å². The van der Waals surface area contributed by atoms with E-state index < -0.39 is 9.05 Å². The third-order valence-electron chi connectivity index (χ3n) is 1.28. The minimum Gasteiger partial charge on any atom is -0.400 e. The van der Waals surface area contributed by atoms with Gasteiger partial charge >= 0.3 is 9.05 Å². The van der Waals surface area contributed by atoms with Crippen LogP contribution in [-0.2, 0) is 17.7 Å². The second-order valence-corrected chi connectivity index (χ2v) is 4.39. The predicted molar refractivity (Wildman–Crippen MR) is 60.4 cm³/mol. The summed E-state index contributed by atoms with van der Waals surface area (Å²) < 4.78 is 21.7. The molecular formula is C9H24O5Si. The van der Waals surface area contributed by atoms with Gasteiger partial charge in [-0.05, 0) is 27.7 Å². The molecule has 0 aliphatic carbocycles. The summed E-state index contributed by atoms with van der Waals surface area (Å²) in [5.41, 5.74) is 0. The van der Waals surface area contributed by atoms with Crippen LogP contribution in [0.5, 0.6) is 0 Å². The first kappa shape index (κ1) is 17.4. The van der Waals surface area contributed by atoms with Crippen LogP contribution >= 0.6 is 0 Å². The Morgan fingerprint density at radius 1 is 0.667 bits per heavy atom. The fourth-order valence-corrected chi connectivity index (χ4v) is 2.87. The summed E-state index contributed by atoms with van der Waals surface area (Å²) in [7, 11) is -1.80. The topological polar surface area (TPSA) is 57.2 Å². The highest BCUT2D eigenvalue weighted by Gasteiger charge is 2.44. The zero-order chi connectivity index (χ0) is 12.2. The summed E-state index contributed by atoms with van der Waals surface area (Å²) in [6, 6.07) is 0. The van der Waals surface area contributed by atoms with Gasteiger partial charge < -0.3 is 22.8 Å². The molecule has 15 heavy (non-hydrogen) atoms. The Labute approximate surface area is 93.8 Å². The lowest BCUT2D eigenvalue weighted by atomic mass is 10.9. The molecular weight excluding hydrogens is 216 g/mol. The SMILES string of the molecule is CCO[Si](OCC)(OCC)OCC.CO. The zero-order valence-corrected chi connectivity index (χ0v) is 11.4. The molecule has 0 saturated carbocycles. The van der Waals surface area contributed by atoms with Gasteiger partial charge in [0.15, 0.2) is 0 Å². The molecule has 1 N–H and O–H groups in total. The third-order valence-corrected chi connectivity index (χ3v) is 3.85. The molecule has 0 heterocycles. The maximum atomic E-state index is 7.00. The highest BCUT2D eigenvalue weighted by molar-refractivity contribution is 6.53. The predicted octanol–water partition coefficient (Wildman–Crippen LogP) is 1.18. The zero-order valence-electron chi connectivity index (χ0n) is 10.4. The number of hydrogen-bond donors (Lipinski definition) is 1. The highest BCUT2D eigenvalue weighted by Crippen LogP contribution is 2.11. The maximum absolute atomic E-state index is 7.00. The van der Waals surface area contributed by atoms with Gasteiger partial charge in [0.2, 0.25) is 0 Å². The summed E-state index contributed by atoms with van der Waals surface area (Å²) in [4.78, 5) is 0. The van der Waals surface area contributed by atoms with Crippen molar-refractivity contribution in [3.63, 3.8) is 0 Å². The molecule has 0 amide bonds. The molecule has 0 aliphatic rings. The minimum absolute atomic E-state index is 0.548. The first-order valence-corrected chi connectivity index (χ1v) is 6.88. The third kappa shape index (κ3) is 7.89. The van der Waals surface area contributed by atoms with Crippen LogP contribution in [0.15, 0.2) is 0 Å². The maximum Gasteiger partial charge on any atom is 0.679 e. The van der Waals surface area contributed by atoms with Crippen LogP contribution in [0.3, 0.4) is 0 Å². The monoisotopic (exact) mass is 240 g/mol. The van der Waals surface area contributed by atoms with Gasteiger partial charge in [0.1, 0.15) is 0 Å². The van der Waals surface area contributed by atoms with Crippen LogP contribution in [-0.4, -0.2) is 47.7 Å². The van der Waals surface area contributed by atoms with E-state index in [-0.39, 0.29) is 0 Å². The van der Waals surface area contributed by atoms with Crippen molar-refractivity contribution in [1.29, 1.82) is 0 Å². The van der Waals surface area contributed by atoms with E-state index in [2.05, 4.69) is 0 Å². The molecule has 0 aromatic heterocycles. The van der Waals surface area contributed by atoms with Crippen LogP contribution in [0.1, 0.15) is 27.7 Å². The summed E-state index contributed by atoms with van der Waals surface area (Å²) in [5.74, 6) is 0. The lowest BCUT2D eigenvalue weighted by molar-refractivity contribution is -0.0247. The smallest absolute Gasteiger partial charge is 0.400 e. The van der Waals surface area contributed by atoms with Crippen LogP contribution in [0.25, 0.3) is 0 Å². The molecule has 0 radical (unpaired) electrons. The van der Waals surface area contributed by atoms with Gasteiger partial charge in [-0.1, -0.05) is 0 Å². The van der Waals surface area contributed by atoms with Gasteiger partial charge in [-0.3, -0.25) is 0 Å². The second-order valence-electron chi connectivity index (χ2n) is 2.23. The largest absolute Gasteiger partial charge is 0.679 e. The van der Waals surface area contributed by atoms with Crippen molar-refractivity contribution >= 4 is 9.05 Å². The van der Waals surface area contributed by atoms with Gasteiger partial charge in [-0.15, -0.1) is 0 Å². The van der Waals surface area contributed by atoms with Crippen molar-refractivity contribution in [2.24, 2.45) is 0 Å². The van der Waals surface area contributed by atoms with Crippen LogP contribution in [0.4, 0.5) is 0 Å². The Morgan fingerprint density at radius 3 is 1.00 bits per heavy atom. The fourth-order valence-electron chi connectivity index (χ4n) is 0.957. The van der Waals surface area contributed by atoms with Crippen LogP contribution in [0, 0.1) is 0 Å². The van der Waals surface area contributed by atoms with Crippen molar-refractivity contribution in [3.8, 4) is 0 Å². The van der Waals surface area contributed by atoms with E-state index in [1.807, 2.05) is 27.7 Å². The Balaban J connectivity index is 0. The van der Waals surface area contributed by atoms with E-state index in [9.17, 15) is 0 Å². The van der Waals surface area contributed by atoms with E-state index in [4.69, 9.17) is 22.8 Å². The first-order chi connectivity index (χ1) is 7.24. The first-order valence-electron chi connectivity index (χ1n) is 5.25. The molecule has 0 aromatic rings. The second kappa shape index (κ2) is 12.1. The Kier molecular flexibility index (Phi) is 14.0. The average Bonchev–Trinajstić information content (AvgIpc) is 2.22. The summed E-state index contributed by atoms with van der Waals surface area (Å²) in [6.07, 6.45) is 0. The average molecular weight is 240 g/mol. The number of aliphatic hydroxyl groups is 1. The molecule has 94 valence electrons. The van der Waals surface area contributed by atoms with E-state index >= 15 is 0 Å². The van der Waals surface area contributed by atoms with Crippen molar-refractivity contribution in [2.75, 3.05) is 33.5 Å². The highest BCUT2D eigenvalue weighted by atomic mass is 28.4. The number of hydrogen-bond acceptors (Lipinski definition) is 5. The van der Waals surface area contributed by atoms with Gasteiger partial charge in [0.25, 0.3) is 0 Å². The molecule has 0 unspecified atom stereocenters. The molecule has 0 aromatic carbocycles. The van der Waals surface area contributed by atoms with Crippen molar-refractivity contribution in [1.82, 2.24) is 0 Å². The van der Waals surface area contributed by atoms with Crippen LogP contribution in [0.2, 0.25) is 0 Å². The van der Waals surface area contributed by atoms with E-state index in [1.54, 1.807) is 0 Å². The van der Waals surface area contributed by atoms with E-state index in [0.717, 1.165) is 7.11 Å². The van der Waals surface area contributed by atoms with Gasteiger partial charge in [0.05, 0.1) is 0 Å². The van der Waals surface area contributed by atoms with Gasteiger partial charge in [0, 0.05) is 33.5 Å². The Morgan fingerprint density at radius 2 is 0.867 bits per heavy atom. The van der Waals surface area contributed by atoms with Crippen LogP contribution < -0.4 is 0 Å². The molecule has 0 spiro atoms. The standard InChI is InChI=1S/C8H20O4Si.CH4O/c1-5-9-13(10-6-2,11-7-3)12-8-4;1-2/h5-8H2,1-4H3;2H,1H3. The van der Waals surface area contributed by atoms with Crippen molar-refractivity contribution in [3.05, 3.63) is 0 Å². The minimum atomic E-state index is -2.80. The van der Waals surface area contributed by atoms with Gasteiger partial charge in [-0.25, -0.2) is 0 Å². The number of aliphatic hydroxyl groups excluding tert-OH is 1. The summed E-state index contributed by atoms with van der Waals surface area (Å²) >= 11 is 0.